The highest BCUT2D eigenvalue weighted by atomic mass is 32.2. The first-order valence-corrected chi connectivity index (χ1v) is 16.9. The summed E-state index contributed by atoms with van der Waals surface area (Å²) in [6.07, 6.45) is -0.700. The lowest BCUT2D eigenvalue weighted by atomic mass is 9.83. The van der Waals surface area contributed by atoms with Crippen molar-refractivity contribution >= 4 is 40.1 Å². The molecule has 1 aliphatic heterocycles. The van der Waals surface area contributed by atoms with Gasteiger partial charge in [0.2, 0.25) is 0 Å². The Morgan fingerprint density at radius 1 is 0.830 bits per heavy atom. The molecule has 3 N–H and O–H groups in total. The normalized spacial score (nSPS) is 13.2. The summed E-state index contributed by atoms with van der Waals surface area (Å²) in [5, 5.41) is 21.5. The Bertz CT molecular complexity index is 1850. The third-order valence-corrected chi connectivity index (χ3v) is 9.51. The zero-order chi connectivity index (χ0) is 34.1. The summed E-state index contributed by atoms with van der Waals surface area (Å²) >= 11 is 1.45. The van der Waals surface area contributed by atoms with Crippen LogP contribution in [0.25, 0.3) is 21.9 Å². The largest absolute Gasteiger partial charge is 0.416 e. The average molecular weight is 659 g/mol. The standard InChI is InChI=1S/C38H41F3N4OS/c1-6-8-16-45(17-9-7-2)36(46)24-13-11-15-28(20-24)47-30-22-27(37(3,4)5)19-25-21-29-33(35(43)44-34(29)42)32(31(25)30)23-12-10-14-26(18-23)38(39,40)41/h10-15,18-22H,6-9,16-17H2,1-5H3,(H3,42,43,44). The van der Waals surface area contributed by atoms with Crippen molar-refractivity contribution in [1.82, 2.24) is 10.2 Å². The zero-order valence-corrected chi connectivity index (χ0v) is 28.3. The molecule has 0 saturated carbocycles. The van der Waals surface area contributed by atoms with Crippen molar-refractivity contribution in [3.63, 3.8) is 0 Å². The van der Waals surface area contributed by atoms with Crippen LogP contribution in [-0.4, -0.2) is 35.6 Å². The molecule has 1 aliphatic rings. The molecule has 0 aromatic heterocycles. The average Bonchev–Trinajstić information content (AvgIpc) is 3.31. The quantitative estimate of drug-likeness (QED) is 0.159. The number of amides is 1. The summed E-state index contributed by atoms with van der Waals surface area (Å²) in [5.74, 6) is 0.00238. The predicted octanol–water partition coefficient (Wildman–Crippen LogP) is 10.3. The van der Waals surface area contributed by atoms with Crippen LogP contribution >= 0.6 is 11.8 Å². The van der Waals surface area contributed by atoms with E-state index in [9.17, 15) is 18.0 Å². The third-order valence-electron chi connectivity index (χ3n) is 8.47. The van der Waals surface area contributed by atoms with E-state index in [2.05, 4.69) is 46.0 Å². The molecule has 1 amide bonds. The van der Waals surface area contributed by atoms with E-state index in [1.807, 2.05) is 41.3 Å². The number of unbranched alkanes of at least 4 members (excludes halogenated alkanes) is 2. The fraction of sp³-hybridized carbons (Fsp3) is 0.342. The molecule has 5 rings (SSSR count). The minimum absolute atomic E-state index is 0.0110. The van der Waals surface area contributed by atoms with Gasteiger partial charge in [0.1, 0.15) is 11.7 Å². The Labute approximate surface area is 279 Å². The van der Waals surface area contributed by atoms with Gasteiger partial charge in [-0.2, -0.15) is 13.2 Å². The molecule has 0 bridgehead atoms. The number of fused-ring (bicyclic) bond motifs is 2. The van der Waals surface area contributed by atoms with Crippen LogP contribution in [0, 0.1) is 10.8 Å². The number of halogens is 3. The molecule has 0 spiro atoms. The van der Waals surface area contributed by atoms with E-state index >= 15 is 0 Å². The van der Waals surface area contributed by atoms with E-state index in [1.165, 1.54) is 17.8 Å². The number of hydrogen-bond acceptors (Lipinski definition) is 4. The van der Waals surface area contributed by atoms with Crippen LogP contribution in [0.1, 0.15) is 92.9 Å². The van der Waals surface area contributed by atoms with E-state index in [1.54, 1.807) is 6.07 Å². The molecule has 4 aromatic carbocycles. The maximum atomic E-state index is 13.9. The molecule has 4 aromatic rings. The Balaban J connectivity index is 1.73. The molecule has 0 fully saturated rings. The minimum Gasteiger partial charge on any atom is -0.339 e. The molecule has 0 unspecified atom stereocenters. The smallest absolute Gasteiger partial charge is 0.339 e. The van der Waals surface area contributed by atoms with Gasteiger partial charge in [0, 0.05) is 50.5 Å². The Morgan fingerprint density at radius 2 is 1.51 bits per heavy atom. The van der Waals surface area contributed by atoms with Gasteiger partial charge in [0.15, 0.2) is 0 Å². The molecule has 246 valence electrons. The van der Waals surface area contributed by atoms with Crippen LogP contribution in [0.5, 0.6) is 0 Å². The maximum absolute atomic E-state index is 13.9. The number of carbonyl (C=O) groups excluding carboxylic acids is 1. The minimum atomic E-state index is -4.55. The van der Waals surface area contributed by atoms with Gasteiger partial charge < -0.3 is 10.2 Å². The molecular weight excluding hydrogens is 618 g/mol. The van der Waals surface area contributed by atoms with Crippen LogP contribution in [0.15, 0.2) is 76.5 Å². The van der Waals surface area contributed by atoms with E-state index in [-0.39, 0.29) is 23.0 Å². The highest BCUT2D eigenvalue weighted by Crippen LogP contribution is 2.46. The van der Waals surface area contributed by atoms with Gasteiger partial charge in [0.05, 0.1) is 5.56 Å². The highest BCUT2D eigenvalue weighted by molar-refractivity contribution is 7.99. The van der Waals surface area contributed by atoms with E-state index in [0.29, 0.717) is 46.3 Å². The number of benzene rings is 4. The Morgan fingerprint density at radius 3 is 2.15 bits per heavy atom. The lowest BCUT2D eigenvalue weighted by Crippen LogP contribution is -2.32. The van der Waals surface area contributed by atoms with Crippen LogP contribution < -0.4 is 5.32 Å². The number of amidine groups is 2. The summed E-state index contributed by atoms with van der Waals surface area (Å²) in [4.78, 5) is 17.2. The second-order valence-electron chi connectivity index (χ2n) is 13.1. The summed E-state index contributed by atoms with van der Waals surface area (Å²) in [6, 6.07) is 18.7. The number of carbonyl (C=O) groups is 1. The van der Waals surface area contributed by atoms with Crippen molar-refractivity contribution in [3.05, 3.63) is 94.5 Å². The summed E-state index contributed by atoms with van der Waals surface area (Å²) in [6.45, 7) is 11.9. The van der Waals surface area contributed by atoms with Crippen LogP contribution in [0.2, 0.25) is 0 Å². The first-order chi connectivity index (χ1) is 22.2. The molecule has 9 heteroatoms. The summed E-state index contributed by atoms with van der Waals surface area (Å²) in [7, 11) is 0. The maximum Gasteiger partial charge on any atom is 0.416 e. The number of nitrogens with one attached hydrogen (secondary N) is 3. The van der Waals surface area contributed by atoms with Crippen molar-refractivity contribution in [3.8, 4) is 11.1 Å². The van der Waals surface area contributed by atoms with Crippen molar-refractivity contribution in [2.24, 2.45) is 0 Å². The monoisotopic (exact) mass is 658 g/mol. The molecular formula is C38H41F3N4OS. The summed E-state index contributed by atoms with van der Waals surface area (Å²) in [5.41, 5.74) is 2.25. The SMILES string of the molecule is CCCCN(CCCC)C(=O)c1cccc(Sc2cc(C(C)(C)C)cc3cc4c(c(-c5cccc(C(F)(F)F)c5)c23)C(=N)NC4=N)c1. The number of alkyl halides is 3. The molecule has 0 radical (unpaired) electrons. The Kier molecular flexibility index (Phi) is 9.87. The fourth-order valence-electron chi connectivity index (χ4n) is 5.89. The van der Waals surface area contributed by atoms with Gasteiger partial charge in [-0.15, -0.1) is 0 Å². The van der Waals surface area contributed by atoms with Gasteiger partial charge >= 0.3 is 6.18 Å². The van der Waals surface area contributed by atoms with Gasteiger partial charge in [-0.25, -0.2) is 0 Å². The topological polar surface area (TPSA) is 80.0 Å². The zero-order valence-electron chi connectivity index (χ0n) is 27.5. The molecule has 1 heterocycles. The number of rotatable bonds is 10. The molecule has 47 heavy (non-hydrogen) atoms. The van der Waals surface area contributed by atoms with Crippen molar-refractivity contribution in [1.29, 1.82) is 10.8 Å². The molecule has 0 aliphatic carbocycles. The first-order valence-electron chi connectivity index (χ1n) is 16.1. The van der Waals surface area contributed by atoms with Crippen LogP contribution in [0.3, 0.4) is 0 Å². The summed E-state index contributed by atoms with van der Waals surface area (Å²) < 4.78 is 41.8. The van der Waals surface area contributed by atoms with E-state index in [0.717, 1.165) is 58.6 Å². The van der Waals surface area contributed by atoms with Crippen molar-refractivity contribution in [2.75, 3.05) is 13.1 Å². The van der Waals surface area contributed by atoms with E-state index in [4.69, 9.17) is 10.8 Å². The predicted molar refractivity (Wildman–Crippen MR) is 186 cm³/mol. The van der Waals surface area contributed by atoms with Gasteiger partial charge in [-0.1, -0.05) is 83.5 Å². The lowest BCUT2D eigenvalue weighted by Gasteiger charge is -2.24. The fourth-order valence-corrected chi connectivity index (χ4v) is 6.98. The molecule has 0 saturated heterocycles. The van der Waals surface area contributed by atoms with E-state index < -0.39 is 11.7 Å². The molecule has 0 atom stereocenters. The van der Waals surface area contributed by atoms with Gasteiger partial charge in [-0.05, 0) is 77.2 Å². The lowest BCUT2D eigenvalue weighted by molar-refractivity contribution is -0.137. The van der Waals surface area contributed by atoms with Gasteiger partial charge in [0.25, 0.3) is 5.91 Å². The molecule has 5 nitrogen and oxygen atoms in total. The first kappa shape index (κ1) is 34.2. The van der Waals surface area contributed by atoms with Crippen molar-refractivity contribution in [2.45, 2.75) is 81.7 Å². The van der Waals surface area contributed by atoms with Crippen LogP contribution in [-0.2, 0) is 11.6 Å². The van der Waals surface area contributed by atoms with Crippen molar-refractivity contribution < 1.29 is 18.0 Å². The number of hydrogen-bond donors (Lipinski definition) is 3. The third kappa shape index (κ3) is 7.25. The Hall–Kier alpha value is -4.11. The number of nitrogens with zero attached hydrogens (tertiary/aromatic N) is 1. The van der Waals surface area contributed by atoms with Crippen LogP contribution in [0.4, 0.5) is 13.2 Å². The second-order valence-corrected chi connectivity index (χ2v) is 14.2. The highest BCUT2D eigenvalue weighted by Gasteiger charge is 2.33. The second kappa shape index (κ2) is 13.6. The van der Waals surface area contributed by atoms with Gasteiger partial charge in [-0.3, -0.25) is 15.6 Å².